The smallest absolute Gasteiger partial charge is 0.300 e. The molecule has 1 N–H and O–H groups in total. The van der Waals surface area contributed by atoms with E-state index >= 15 is 0 Å². The van der Waals surface area contributed by atoms with E-state index in [4.69, 9.17) is 9.47 Å². The summed E-state index contributed by atoms with van der Waals surface area (Å²) in [5.74, 6) is -0.456. The lowest BCUT2D eigenvalue weighted by Gasteiger charge is -2.27. The van der Waals surface area contributed by atoms with Crippen LogP contribution in [-0.2, 0) is 15.0 Å². The second-order valence-electron chi connectivity index (χ2n) is 9.93. The molecule has 1 amide bonds. The lowest BCUT2D eigenvalue weighted by atomic mass is 9.85. The Hall–Kier alpha value is -4.06. The molecule has 1 unspecified atom stereocenters. The molecule has 0 aliphatic carbocycles. The van der Waals surface area contributed by atoms with Crippen molar-refractivity contribution in [2.75, 3.05) is 19.1 Å². The highest BCUT2D eigenvalue weighted by Gasteiger charge is 2.47. The molecule has 0 radical (unpaired) electrons. The van der Waals surface area contributed by atoms with Gasteiger partial charge in [0.1, 0.15) is 17.3 Å². The van der Waals surface area contributed by atoms with Crippen molar-refractivity contribution in [1.29, 1.82) is 0 Å². The van der Waals surface area contributed by atoms with Crippen molar-refractivity contribution < 1.29 is 24.2 Å². The van der Waals surface area contributed by atoms with Crippen LogP contribution in [0.1, 0.15) is 49.1 Å². The minimum absolute atomic E-state index is 0.0379. The summed E-state index contributed by atoms with van der Waals surface area (Å²) >= 11 is 0. The molecular weight excluding hydrogens is 454 g/mol. The number of nitrogens with zero attached hydrogens (tertiary/aromatic N) is 1. The highest BCUT2D eigenvalue weighted by atomic mass is 16.5. The summed E-state index contributed by atoms with van der Waals surface area (Å²) in [6, 6.07) is 19.2. The van der Waals surface area contributed by atoms with Gasteiger partial charge in [-0.2, -0.15) is 0 Å². The number of amides is 1. The highest BCUT2D eigenvalue weighted by molar-refractivity contribution is 6.51. The first-order chi connectivity index (χ1) is 17.1. The predicted molar refractivity (Wildman–Crippen MR) is 141 cm³/mol. The van der Waals surface area contributed by atoms with Crippen LogP contribution in [0.5, 0.6) is 11.5 Å². The molecule has 186 valence electrons. The number of aryl methyl sites for hydroxylation is 1. The van der Waals surface area contributed by atoms with Crippen LogP contribution in [0.4, 0.5) is 5.69 Å². The van der Waals surface area contributed by atoms with E-state index in [9.17, 15) is 14.7 Å². The molecule has 0 bridgehead atoms. The monoisotopic (exact) mass is 485 g/mol. The summed E-state index contributed by atoms with van der Waals surface area (Å²) in [5, 5.41) is 11.4. The van der Waals surface area contributed by atoms with E-state index in [0.717, 1.165) is 16.7 Å². The molecule has 4 rings (SSSR count). The number of methoxy groups -OCH3 is 2. The topological polar surface area (TPSA) is 76.1 Å². The molecule has 3 aromatic rings. The molecule has 1 saturated heterocycles. The number of Topliss-reactive ketones (excluding diaryl/α,β-unsaturated/α-hetero) is 1. The zero-order valence-corrected chi connectivity index (χ0v) is 21.5. The predicted octanol–water partition coefficient (Wildman–Crippen LogP) is 5.94. The van der Waals surface area contributed by atoms with Gasteiger partial charge in [-0.1, -0.05) is 51.1 Å². The van der Waals surface area contributed by atoms with Gasteiger partial charge in [-0.3, -0.25) is 14.5 Å². The van der Waals surface area contributed by atoms with Crippen molar-refractivity contribution in [1.82, 2.24) is 0 Å². The van der Waals surface area contributed by atoms with Crippen LogP contribution < -0.4 is 14.4 Å². The Kier molecular flexibility index (Phi) is 6.63. The molecular formula is C30H31NO5. The second-order valence-corrected chi connectivity index (χ2v) is 9.93. The van der Waals surface area contributed by atoms with Gasteiger partial charge in [-0.25, -0.2) is 0 Å². The van der Waals surface area contributed by atoms with Crippen LogP contribution in [0.15, 0.2) is 72.3 Å². The van der Waals surface area contributed by atoms with Crippen LogP contribution >= 0.6 is 0 Å². The number of carbonyl (C=O) groups excluding carboxylic acids is 2. The van der Waals surface area contributed by atoms with E-state index in [1.807, 2.05) is 31.2 Å². The fourth-order valence-corrected chi connectivity index (χ4v) is 4.52. The summed E-state index contributed by atoms with van der Waals surface area (Å²) < 4.78 is 10.7. The number of ketones is 1. The maximum Gasteiger partial charge on any atom is 0.300 e. The molecule has 1 atom stereocenters. The van der Waals surface area contributed by atoms with Crippen molar-refractivity contribution >= 4 is 23.1 Å². The van der Waals surface area contributed by atoms with E-state index in [1.165, 1.54) is 4.90 Å². The molecule has 0 spiro atoms. The van der Waals surface area contributed by atoms with Crippen molar-refractivity contribution in [2.45, 2.75) is 39.2 Å². The molecule has 1 fully saturated rings. The van der Waals surface area contributed by atoms with Gasteiger partial charge in [0.15, 0.2) is 0 Å². The van der Waals surface area contributed by atoms with Gasteiger partial charge in [0.2, 0.25) is 0 Å². The number of hydrogen-bond donors (Lipinski definition) is 1. The van der Waals surface area contributed by atoms with Gasteiger partial charge in [0.05, 0.1) is 25.8 Å². The van der Waals surface area contributed by atoms with Gasteiger partial charge in [-0.05, 0) is 59.4 Å². The summed E-state index contributed by atoms with van der Waals surface area (Å²) in [4.78, 5) is 28.2. The Morgan fingerprint density at radius 3 is 2.19 bits per heavy atom. The quantitative estimate of drug-likeness (QED) is 0.275. The lowest BCUT2D eigenvalue weighted by molar-refractivity contribution is -0.132. The Bertz CT molecular complexity index is 1350. The van der Waals surface area contributed by atoms with E-state index in [1.54, 1.807) is 56.7 Å². The number of ether oxygens (including phenoxy) is 2. The molecule has 1 aliphatic rings. The first-order valence-corrected chi connectivity index (χ1v) is 11.8. The number of anilines is 1. The third-order valence-corrected chi connectivity index (χ3v) is 6.54. The summed E-state index contributed by atoms with van der Waals surface area (Å²) in [5.41, 5.74) is 3.56. The number of hydrogen-bond acceptors (Lipinski definition) is 5. The number of aliphatic hydroxyl groups is 1. The molecule has 0 saturated carbocycles. The number of benzene rings is 3. The maximum atomic E-state index is 13.4. The fourth-order valence-electron chi connectivity index (χ4n) is 4.52. The number of aliphatic hydroxyl groups excluding tert-OH is 1. The van der Waals surface area contributed by atoms with Gasteiger partial charge in [-0.15, -0.1) is 0 Å². The highest BCUT2D eigenvalue weighted by Crippen LogP contribution is 2.43. The minimum Gasteiger partial charge on any atom is -0.507 e. The third-order valence-electron chi connectivity index (χ3n) is 6.54. The Morgan fingerprint density at radius 1 is 0.917 bits per heavy atom. The molecule has 0 aromatic heterocycles. The maximum absolute atomic E-state index is 13.4. The zero-order chi connectivity index (χ0) is 26.2. The zero-order valence-electron chi connectivity index (χ0n) is 21.5. The molecule has 3 aromatic carbocycles. The van der Waals surface area contributed by atoms with E-state index in [-0.39, 0.29) is 16.7 Å². The Labute approximate surface area is 211 Å². The number of rotatable bonds is 5. The van der Waals surface area contributed by atoms with Gasteiger partial charge in [0, 0.05) is 17.3 Å². The van der Waals surface area contributed by atoms with Crippen molar-refractivity contribution in [3.05, 3.63) is 94.6 Å². The lowest BCUT2D eigenvalue weighted by Crippen LogP contribution is -2.29. The average Bonchev–Trinajstić information content (AvgIpc) is 3.13. The van der Waals surface area contributed by atoms with Crippen molar-refractivity contribution in [2.24, 2.45) is 0 Å². The SMILES string of the molecule is COc1cccc(N2C(=O)C(=O)/C(=C(/O)c3ccc(OC)c(C)c3)C2c2ccc(C(C)(C)C)cc2)c1. The van der Waals surface area contributed by atoms with Crippen LogP contribution in [0.2, 0.25) is 0 Å². The number of carbonyl (C=O) groups is 2. The van der Waals surface area contributed by atoms with Gasteiger partial charge in [0.25, 0.3) is 11.7 Å². The van der Waals surface area contributed by atoms with Crippen LogP contribution in [0, 0.1) is 6.92 Å². The second kappa shape index (κ2) is 9.53. The summed E-state index contributed by atoms with van der Waals surface area (Å²) in [6.07, 6.45) is 0. The summed E-state index contributed by atoms with van der Waals surface area (Å²) in [6.45, 7) is 8.22. The van der Waals surface area contributed by atoms with Crippen molar-refractivity contribution in [3.8, 4) is 11.5 Å². The van der Waals surface area contributed by atoms with Crippen LogP contribution in [0.3, 0.4) is 0 Å². The third kappa shape index (κ3) is 4.47. The molecule has 6 nitrogen and oxygen atoms in total. The molecule has 1 aliphatic heterocycles. The Balaban J connectivity index is 1.93. The average molecular weight is 486 g/mol. The van der Waals surface area contributed by atoms with Crippen LogP contribution in [0.25, 0.3) is 5.76 Å². The molecule has 36 heavy (non-hydrogen) atoms. The van der Waals surface area contributed by atoms with Gasteiger partial charge >= 0.3 is 0 Å². The molecule has 6 heteroatoms. The minimum atomic E-state index is -0.812. The molecule has 1 heterocycles. The largest absolute Gasteiger partial charge is 0.507 e. The first-order valence-electron chi connectivity index (χ1n) is 11.8. The van der Waals surface area contributed by atoms with Gasteiger partial charge < -0.3 is 14.6 Å². The standard InChI is InChI=1S/C30H31NO5/c1-18-16-20(12-15-24(18)36-6)27(32)25-26(19-10-13-21(14-11-19)30(2,3)4)31(29(34)28(25)33)22-8-7-9-23(17-22)35-5/h7-17,26,32H,1-6H3/b27-25+. The fraction of sp³-hybridized carbons (Fsp3) is 0.267. The van der Waals surface area contributed by atoms with E-state index in [0.29, 0.717) is 22.7 Å². The van der Waals surface area contributed by atoms with Crippen molar-refractivity contribution in [3.63, 3.8) is 0 Å². The van der Waals surface area contributed by atoms with Crippen LogP contribution in [-0.4, -0.2) is 31.0 Å². The van der Waals surface area contributed by atoms with E-state index in [2.05, 4.69) is 20.8 Å². The Morgan fingerprint density at radius 2 is 1.61 bits per heavy atom. The summed E-state index contributed by atoms with van der Waals surface area (Å²) in [7, 11) is 3.12. The first kappa shape index (κ1) is 25.0. The normalized spacial score (nSPS) is 17.4. The van der Waals surface area contributed by atoms with E-state index < -0.39 is 17.7 Å².